The van der Waals surface area contributed by atoms with Crippen molar-refractivity contribution in [2.45, 2.75) is 231 Å². The molecule has 1 fully saturated rings. The Morgan fingerprint density at radius 1 is 0.209 bits per heavy atom. The van der Waals surface area contributed by atoms with Crippen LogP contribution in [0.1, 0.15) is 217 Å². The van der Waals surface area contributed by atoms with E-state index >= 15 is 0 Å². The Hall–Kier alpha value is -9.87. The van der Waals surface area contributed by atoms with Crippen LogP contribution in [0.15, 0.2) is 431 Å². The van der Waals surface area contributed by atoms with Crippen molar-refractivity contribution in [3.8, 4) is 0 Å². The number of alkyl halides is 2. The molecule has 0 radical (unpaired) electrons. The Morgan fingerprint density at radius 3 is 0.452 bits per heavy atom. The number of aromatic nitrogens is 1. The molecule has 4 heteroatoms. The van der Waals surface area contributed by atoms with E-state index in [-0.39, 0.29) is 30.2 Å². The van der Waals surface area contributed by atoms with E-state index in [0.717, 1.165) is 0 Å². The lowest BCUT2D eigenvalue weighted by Crippen LogP contribution is -2.37. The molecule has 1 saturated carbocycles. The molecule has 0 N–H and O–H groups in total. The molecular formula is C111H173F2NSi. The molecule has 13 aromatic rings. The molecule has 0 atom stereocenters. The Balaban J connectivity index is -0.0000000921. The van der Waals surface area contributed by atoms with Gasteiger partial charge in [-0.2, -0.15) is 0 Å². The van der Waals surface area contributed by atoms with E-state index in [4.69, 9.17) is 6.85 Å². The van der Waals surface area contributed by atoms with Crippen molar-refractivity contribution in [1.29, 1.82) is 0 Å². The molecule has 0 spiro atoms. The minimum Gasteiger partial charge on any atom is -0.265 e. The molecule has 1 aliphatic rings. The maximum Gasteiger partial charge on any atom is 0.0785 e. The lowest BCUT2D eigenvalue weighted by atomic mass is 10.0. The summed E-state index contributed by atoms with van der Waals surface area (Å²) in [5.41, 5.74) is 0.293. The smallest absolute Gasteiger partial charge is 0.0785 e. The minimum absolute atomic E-state index is 0.124. The first kappa shape index (κ1) is 121. The zero-order valence-corrected chi connectivity index (χ0v) is 79.6. The van der Waals surface area contributed by atoms with Crippen LogP contribution in [-0.4, -0.2) is 27.4 Å². The van der Waals surface area contributed by atoms with Gasteiger partial charge in [-0.05, 0) is 29.8 Å². The van der Waals surface area contributed by atoms with E-state index in [1.54, 1.807) is 12.4 Å². The summed E-state index contributed by atoms with van der Waals surface area (Å²) in [6.07, 6.45) is 12.5. The number of pyridine rings is 1. The average Bonchev–Trinajstić information content (AvgIpc) is 0.810. The van der Waals surface area contributed by atoms with Gasteiger partial charge in [0.1, 0.15) is 0 Å². The third-order valence-corrected chi connectivity index (χ3v) is 13.4. The number of fused-ring (bicyclic) bond motifs is 1. The zero-order valence-electron chi connectivity index (χ0n) is 83.6. The molecule has 115 heavy (non-hydrogen) atoms. The second-order valence-corrected chi connectivity index (χ2v) is 24.7. The number of benzene rings is 12. The molecule has 1 aromatic heterocycles. The molecule has 14 rings (SSSR count). The third-order valence-electron chi connectivity index (χ3n) is 11.3. The van der Waals surface area contributed by atoms with E-state index in [9.17, 15) is 8.78 Å². The number of halogens is 2. The van der Waals surface area contributed by atoms with E-state index in [0.29, 0.717) is 19.9 Å². The van der Waals surface area contributed by atoms with Gasteiger partial charge in [-0.25, -0.2) is 0 Å². The first-order valence-electron chi connectivity index (χ1n) is 45.2. The molecule has 0 amide bonds. The number of hydrogen-bond acceptors (Lipinski definition) is 1. The van der Waals surface area contributed by atoms with E-state index in [1.807, 2.05) is 476 Å². The summed E-state index contributed by atoms with van der Waals surface area (Å²) in [6, 6.07) is 128. The minimum atomic E-state index is -1.03. The summed E-state index contributed by atoms with van der Waals surface area (Å²) in [7, 11) is -0.0333. The molecule has 0 saturated heterocycles. The fourth-order valence-electron chi connectivity index (χ4n) is 6.84. The van der Waals surface area contributed by atoms with Gasteiger partial charge in [-0.1, -0.05) is 641 Å². The zero-order chi connectivity index (χ0) is 94.3. The summed E-state index contributed by atoms with van der Waals surface area (Å²) >= 11 is 0. The summed E-state index contributed by atoms with van der Waals surface area (Å²) in [5, 5.41) is 4.16. The van der Waals surface area contributed by atoms with Crippen LogP contribution < -0.4 is 5.19 Å². The van der Waals surface area contributed by atoms with Gasteiger partial charge in [-0.15, -0.1) is 0 Å². The molecule has 0 unspecified atom stereocenters. The molecule has 1 aliphatic carbocycles. The van der Waals surface area contributed by atoms with Crippen molar-refractivity contribution >= 4 is 24.0 Å². The maximum atomic E-state index is 9.50. The normalized spacial score (nSPS) is 8.75. The summed E-state index contributed by atoms with van der Waals surface area (Å²) in [5.74, 6) is 0. The van der Waals surface area contributed by atoms with Crippen molar-refractivity contribution in [2.75, 3.05) is 14.4 Å². The summed E-state index contributed by atoms with van der Waals surface area (Å²) < 4.78 is 55.3. The van der Waals surface area contributed by atoms with E-state index in [1.165, 1.54) is 61.4 Å². The lowest BCUT2D eigenvalue weighted by Gasteiger charge is -2.15. The van der Waals surface area contributed by atoms with Gasteiger partial charge >= 0.3 is 0 Å². The first-order valence-corrected chi connectivity index (χ1v) is 46.2. The monoisotopic (exact) mass is 1590 g/mol. The molecule has 640 valence electrons. The Kier molecular flexibility index (Phi) is 157. The molecule has 0 aliphatic heterocycles. The maximum absolute atomic E-state index is 9.50. The predicted octanol–water partition coefficient (Wildman–Crippen LogP) is 37.5. The van der Waals surface area contributed by atoms with E-state index < -0.39 is 8.07 Å². The average molecular weight is 1590 g/mol. The highest BCUT2D eigenvalue weighted by Crippen LogP contribution is 2.15. The second kappa shape index (κ2) is 149. The molecule has 0 bridgehead atoms. The molecule has 12 aromatic carbocycles. The van der Waals surface area contributed by atoms with Crippen LogP contribution in [0.2, 0.25) is 19.6 Å². The van der Waals surface area contributed by atoms with Crippen LogP contribution in [0.25, 0.3) is 10.8 Å². The van der Waals surface area contributed by atoms with E-state index in [2.05, 4.69) is 103 Å². The molecular weight excluding hydrogens is 1410 g/mol. The van der Waals surface area contributed by atoms with Crippen LogP contribution in [-0.2, 0) is 0 Å². The number of nitrogens with zero attached hydrogens (tertiary/aromatic N) is 1. The van der Waals surface area contributed by atoms with Crippen LogP contribution in [0.3, 0.4) is 0 Å². The van der Waals surface area contributed by atoms with Crippen molar-refractivity contribution in [3.05, 3.63) is 436 Å². The Labute approximate surface area is 722 Å². The summed E-state index contributed by atoms with van der Waals surface area (Å²) in [4.78, 5) is 3.78. The Bertz CT molecular complexity index is 2680. The van der Waals surface area contributed by atoms with Gasteiger partial charge in [0.25, 0.3) is 0 Å². The SMILES string of the molecule is C1CCCCC1.CC.CC.CC.CC.CC.CC.CC.CC.CC.CC.CC.CC.CF.CF.C[Si](C)(C)c1ccccc1.[2H]c1c([2H])c([2H])c(C)c([2H])c1[2H].c1ccc2ccccc2c1.c1ccccc1.c1ccccc1.c1ccccc1.c1ccccc1.c1ccccc1.c1ccccc1.c1ccccc1.c1ccccc1.c1ccncc1. The van der Waals surface area contributed by atoms with Gasteiger partial charge in [0, 0.05) is 12.4 Å². The third kappa shape index (κ3) is 134. The highest BCUT2D eigenvalue weighted by molar-refractivity contribution is 6.88. The fraction of sp³-hybridized carbons (Fsp3) is 0.324. The number of rotatable bonds is 1. The van der Waals surface area contributed by atoms with Crippen molar-refractivity contribution < 1.29 is 15.6 Å². The van der Waals surface area contributed by atoms with Gasteiger partial charge < -0.3 is 0 Å². The van der Waals surface area contributed by atoms with Crippen molar-refractivity contribution in [3.63, 3.8) is 0 Å². The van der Waals surface area contributed by atoms with Gasteiger partial charge in [0.05, 0.1) is 29.3 Å². The van der Waals surface area contributed by atoms with Gasteiger partial charge in [-0.3, -0.25) is 13.8 Å². The Morgan fingerprint density at radius 2 is 0.339 bits per heavy atom. The number of hydrogen-bond donors (Lipinski definition) is 0. The standard InChI is InChI=1S/C10H8.C9H14Si.C7H8.C6H12.8C6H6.C5H5N.12C2H6.2CH3F/c1-2-6-10-8-4-3-7-9(10)5-1;1-10(2,3)9-7-5-4-6-8-9;1-7-5-3-2-4-6-7;10*1-2-4-6-5-3-1;14*1-2/h1-8H;4-8H,1-3H3;2-6H,1H3;1-6H2;8*1-6H;1-5H;12*1-2H3;2*1H3/i;;2D,3D,4D,5D,6D;;;;;;;;;;;;;;;;;;;;;;;;. The van der Waals surface area contributed by atoms with Gasteiger partial charge in [0.2, 0.25) is 0 Å². The quantitative estimate of drug-likeness (QED) is 0.149. The van der Waals surface area contributed by atoms with Crippen LogP contribution in [0.5, 0.6) is 0 Å². The van der Waals surface area contributed by atoms with Crippen LogP contribution in [0, 0.1) is 6.92 Å². The molecule has 1 nitrogen and oxygen atoms in total. The van der Waals surface area contributed by atoms with Crippen molar-refractivity contribution in [2.24, 2.45) is 0 Å². The summed E-state index contributed by atoms with van der Waals surface area (Å²) in [6.45, 7) is 56.6. The first-order chi connectivity index (χ1) is 59.0. The van der Waals surface area contributed by atoms with Gasteiger partial charge in [0.15, 0.2) is 0 Å². The highest BCUT2D eigenvalue weighted by atomic mass is 28.3. The topological polar surface area (TPSA) is 12.9 Å². The van der Waals surface area contributed by atoms with Crippen LogP contribution >= 0.6 is 0 Å². The predicted molar refractivity (Wildman–Crippen MR) is 538 cm³/mol. The second-order valence-electron chi connectivity index (χ2n) is 19.6. The van der Waals surface area contributed by atoms with Crippen LogP contribution in [0.4, 0.5) is 8.78 Å². The molecule has 1 heterocycles. The largest absolute Gasteiger partial charge is 0.265 e. The highest BCUT2D eigenvalue weighted by Gasteiger charge is 2.14. The van der Waals surface area contributed by atoms with Crippen molar-refractivity contribution in [1.82, 2.24) is 4.98 Å². The lowest BCUT2D eigenvalue weighted by molar-refractivity contribution is 0.504. The fourth-order valence-corrected chi connectivity index (χ4v) is 8.03.